The third-order valence-corrected chi connectivity index (χ3v) is 3.11. The number of nitrogens with zero attached hydrogens (tertiary/aromatic N) is 3. The zero-order valence-corrected chi connectivity index (χ0v) is 10.5. The Labute approximate surface area is 102 Å². The van der Waals surface area contributed by atoms with E-state index in [2.05, 4.69) is 23.9 Å². The molecular formula is C12H21N3O2. The minimum absolute atomic E-state index is 0.152. The molecule has 5 nitrogen and oxygen atoms in total. The van der Waals surface area contributed by atoms with Crippen LogP contribution in [0, 0.1) is 11.8 Å². The average molecular weight is 239 g/mol. The molecule has 1 aliphatic rings. The van der Waals surface area contributed by atoms with E-state index < -0.39 is 0 Å². The summed E-state index contributed by atoms with van der Waals surface area (Å²) in [6.45, 7) is 6.47. The summed E-state index contributed by atoms with van der Waals surface area (Å²) >= 11 is 0. The first kappa shape index (κ1) is 12.5. The third-order valence-electron chi connectivity index (χ3n) is 3.11. The topological polar surface area (TPSA) is 60.2 Å². The summed E-state index contributed by atoms with van der Waals surface area (Å²) in [7, 11) is 0. The zero-order chi connectivity index (χ0) is 12.3. The molecule has 1 aliphatic heterocycles. The molecule has 0 aromatic carbocycles. The summed E-state index contributed by atoms with van der Waals surface area (Å²) in [6.07, 6.45) is 2.79. The lowest BCUT2D eigenvalue weighted by Crippen LogP contribution is -2.34. The molecule has 0 aliphatic carbocycles. The molecule has 96 valence electrons. The first-order valence-corrected chi connectivity index (χ1v) is 6.29. The molecule has 2 atom stereocenters. The fraction of sp³-hybridized carbons (Fsp3) is 0.833. The fourth-order valence-electron chi connectivity index (χ4n) is 2.16. The smallest absolute Gasteiger partial charge is 0.138 e. The van der Waals surface area contributed by atoms with Crippen LogP contribution in [-0.2, 0) is 17.7 Å². The Kier molecular flexibility index (Phi) is 4.12. The molecule has 2 unspecified atom stereocenters. The zero-order valence-electron chi connectivity index (χ0n) is 10.5. The van der Waals surface area contributed by atoms with Crippen molar-refractivity contribution in [3.05, 3.63) is 12.2 Å². The van der Waals surface area contributed by atoms with Gasteiger partial charge < -0.3 is 9.84 Å². The van der Waals surface area contributed by atoms with Gasteiger partial charge >= 0.3 is 0 Å². The average Bonchev–Trinajstić information content (AvgIpc) is 2.68. The Morgan fingerprint density at radius 1 is 1.59 bits per heavy atom. The second-order valence-corrected chi connectivity index (χ2v) is 5.15. The van der Waals surface area contributed by atoms with Gasteiger partial charge in [0, 0.05) is 25.5 Å². The van der Waals surface area contributed by atoms with Crippen LogP contribution in [0.25, 0.3) is 0 Å². The Hall–Kier alpha value is -0.940. The second kappa shape index (κ2) is 5.60. The molecule has 1 N–H and O–H groups in total. The molecule has 0 spiro atoms. The van der Waals surface area contributed by atoms with Gasteiger partial charge in [-0.15, -0.1) is 0 Å². The Balaban J connectivity index is 1.99. The summed E-state index contributed by atoms with van der Waals surface area (Å²) in [5.74, 6) is 1.65. The number of rotatable bonds is 4. The van der Waals surface area contributed by atoms with Gasteiger partial charge in [0.1, 0.15) is 12.2 Å². The number of hydrogen-bond donors (Lipinski definition) is 1. The highest BCUT2D eigenvalue weighted by Gasteiger charge is 2.25. The lowest BCUT2D eigenvalue weighted by molar-refractivity contribution is -0.0360. The molecule has 0 amide bonds. The largest absolute Gasteiger partial charge is 0.393 e. The van der Waals surface area contributed by atoms with Gasteiger partial charge in [-0.25, -0.2) is 9.67 Å². The van der Waals surface area contributed by atoms with Crippen LogP contribution < -0.4 is 0 Å². The maximum Gasteiger partial charge on any atom is 0.138 e. The normalized spacial score (nSPS) is 25.4. The number of aliphatic hydroxyl groups excluding tert-OH is 1. The highest BCUT2D eigenvalue weighted by molar-refractivity contribution is 4.90. The first-order chi connectivity index (χ1) is 8.16. The molecule has 17 heavy (non-hydrogen) atoms. The molecule has 5 heteroatoms. The van der Waals surface area contributed by atoms with Gasteiger partial charge in [-0.1, -0.05) is 13.8 Å². The van der Waals surface area contributed by atoms with Crippen LogP contribution in [0.3, 0.4) is 0 Å². The van der Waals surface area contributed by atoms with Crippen LogP contribution in [0.1, 0.15) is 26.1 Å². The van der Waals surface area contributed by atoms with E-state index in [9.17, 15) is 5.11 Å². The van der Waals surface area contributed by atoms with Crippen molar-refractivity contribution in [1.82, 2.24) is 14.8 Å². The SMILES string of the molecule is CC(C)Cn1ncnc1CC1COCCC1O. The van der Waals surface area contributed by atoms with E-state index in [1.165, 1.54) is 0 Å². The molecule has 0 bridgehead atoms. The molecule has 2 rings (SSSR count). The van der Waals surface area contributed by atoms with Crippen molar-refractivity contribution < 1.29 is 9.84 Å². The minimum Gasteiger partial charge on any atom is -0.393 e. The molecule has 1 fully saturated rings. The van der Waals surface area contributed by atoms with Crippen molar-refractivity contribution >= 4 is 0 Å². The van der Waals surface area contributed by atoms with Gasteiger partial charge in [-0.05, 0) is 12.3 Å². The number of aromatic nitrogens is 3. The van der Waals surface area contributed by atoms with Crippen molar-refractivity contribution in [2.75, 3.05) is 13.2 Å². The van der Waals surface area contributed by atoms with Crippen LogP contribution in [-0.4, -0.2) is 39.2 Å². The van der Waals surface area contributed by atoms with Crippen molar-refractivity contribution in [2.45, 2.75) is 39.3 Å². The van der Waals surface area contributed by atoms with Crippen molar-refractivity contribution in [1.29, 1.82) is 0 Å². The standard InChI is InChI=1S/C12H21N3O2/c1-9(2)6-15-12(13-8-14-15)5-10-7-17-4-3-11(10)16/h8-11,16H,3-7H2,1-2H3. The monoisotopic (exact) mass is 239 g/mol. The van der Waals surface area contributed by atoms with Gasteiger partial charge in [-0.2, -0.15) is 5.10 Å². The van der Waals surface area contributed by atoms with E-state index in [4.69, 9.17) is 4.74 Å². The predicted molar refractivity (Wildman–Crippen MR) is 63.5 cm³/mol. The molecular weight excluding hydrogens is 218 g/mol. The highest BCUT2D eigenvalue weighted by Crippen LogP contribution is 2.18. The maximum atomic E-state index is 9.90. The van der Waals surface area contributed by atoms with E-state index in [0.29, 0.717) is 19.1 Å². The number of aliphatic hydroxyl groups is 1. The van der Waals surface area contributed by atoms with Gasteiger partial charge in [0.25, 0.3) is 0 Å². The van der Waals surface area contributed by atoms with Crippen LogP contribution in [0.5, 0.6) is 0 Å². The first-order valence-electron chi connectivity index (χ1n) is 6.29. The van der Waals surface area contributed by atoms with E-state index in [1.807, 2.05) is 4.68 Å². The number of ether oxygens (including phenoxy) is 1. The van der Waals surface area contributed by atoms with E-state index in [-0.39, 0.29) is 12.0 Å². The Bertz CT molecular complexity index is 351. The van der Waals surface area contributed by atoms with Crippen LogP contribution in [0.15, 0.2) is 6.33 Å². The highest BCUT2D eigenvalue weighted by atomic mass is 16.5. The van der Waals surface area contributed by atoms with Gasteiger partial charge in [0.2, 0.25) is 0 Å². The fourth-order valence-corrected chi connectivity index (χ4v) is 2.16. The van der Waals surface area contributed by atoms with Crippen LogP contribution >= 0.6 is 0 Å². The Morgan fingerprint density at radius 2 is 2.41 bits per heavy atom. The summed E-state index contributed by atoms with van der Waals surface area (Å²) in [4.78, 5) is 4.28. The number of hydrogen-bond acceptors (Lipinski definition) is 4. The van der Waals surface area contributed by atoms with E-state index in [0.717, 1.165) is 25.2 Å². The molecule has 0 saturated carbocycles. The molecule has 1 saturated heterocycles. The maximum absolute atomic E-state index is 9.90. The summed E-state index contributed by atoms with van der Waals surface area (Å²) in [6, 6.07) is 0. The quantitative estimate of drug-likeness (QED) is 0.847. The molecule has 0 radical (unpaired) electrons. The third kappa shape index (κ3) is 3.26. The second-order valence-electron chi connectivity index (χ2n) is 5.15. The van der Waals surface area contributed by atoms with Crippen molar-refractivity contribution in [3.63, 3.8) is 0 Å². The molecule has 1 aromatic heterocycles. The lowest BCUT2D eigenvalue weighted by atomic mass is 9.95. The molecule has 2 heterocycles. The van der Waals surface area contributed by atoms with Gasteiger partial charge in [0.05, 0.1) is 12.7 Å². The minimum atomic E-state index is -0.270. The summed E-state index contributed by atoms with van der Waals surface area (Å²) in [5.41, 5.74) is 0. The predicted octanol–water partition coefficient (Wildman–Crippen LogP) is 0.874. The van der Waals surface area contributed by atoms with Gasteiger partial charge in [-0.3, -0.25) is 0 Å². The van der Waals surface area contributed by atoms with E-state index in [1.54, 1.807) is 6.33 Å². The molecule has 1 aromatic rings. The van der Waals surface area contributed by atoms with E-state index >= 15 is 0 Å². The van der Waals surface area contributed by atoms with Crippen LogP contribution in [0.4, 0.5) is 0 Å². The van der Waals surface area contributed by atoms with Crippen molar-refractivity contribution in [2.24, 2.45) is 11.8 Å². The Morgan fingerprint density at radius 3 is 3.12 bits per heavy atom. The van der Waals surface area contributed by atoms with Crippen molar-refractivity contribution in [3.8, 4) is 0 Å². The van der Waals surface area contributed by atoms with Gasteiger partial charge in [0.15, 0.2) is 0 Å². The summed E-state index contributed by atoms with van der Waals surface area (Å²) < 4.78 is 7.34. The lowest BCUT2D eigenvalue weighted by Gasteiger charge is -2.27. The summed E-state index contributed by atoms with van der Waals surface area (Å²) in [5, 5.41) is 14.1. The van der Waals surface area contributed by atoms with Crippen LogP contribution in [0.2, 0.25) is 0 Å².